The maximum atomic E-state index is 7.85. The smallest absolute Gasteiger partial charge is 0.110 e. The third-order valence-corrected chi connectivity index (χ3v) is 0.447. The van der Waals surface area contributed by atoms with Gasteiger partial charge >= 0.3 is 0 Å². The van der Waals surface area contributed by atoms with E-state index in [1.54, 1.807) is 0 Å². The van der Waals surface area contributed by atoms with Crippen LogP contribution in [-0.4, -0.2) is 17.1 Å². The van der Waals surface area contributed by atoms with Gasteiger partial charge in [-0.1, -0.05) is 0 Å². The highest BCUT2D eigenvalue weighted by Gasteiger charge is 1.63. The van der Waals surface area contributed by atoms with Crippen LogP contribution in [0.1, 0.15) is 0 Å². The van der Waals surface area contributed by atoms with Crippen LogP contribution in [0, 0.1) is 0 Å². The second kappa shape index (κ2) is 3.98. The summed E-state index contributed by atoms with van der Waals surface area (Å²) in [5, 5.41) is 0. The summed E-state index contributed by atoms with van der Waals surface area (Å²) in [6, 6.07) is 0. The molecule has 0 radical (unpaired) electrons. The fourth-order valence-electron chi connectivity index (χ4n) is 0.0408. The van der Waals surface area contributed by atoms with Crippen LogP contribution in [0.5, 0.6) is 0 Å². The summed E-state index contributed by atoms with van der Waals surface area (Å²) in [4.78, 5) is 3.32. The lowest BCUT2D eigenvalue weighted by Gasteiger charge is -1.73. The van der Waals surface area contributed by atoms with Crippen LogP contribution >= 0.6 is 12.0 Å². The number of rotatable bonds is 2. The molecule has 0 aromatic carbocycles. The van der Waals surface area contributed by atoms with Gasteiger partial charge in [-0.25, -0.2) is 0 Å². The van der Waals surface area contributed by atoms with Gasteiger partial charge in [-0.05, 0) is 6.72 Å². The molecule has 3 heteroatoms. The van der Waals surface area contributed by atoms with Crippen LogP contribution in [0.4, 0.5) is 0 Å². The summed E-state index contributed by atoms with van der Waals surface area (Å²) in [7, 11) is 0. The van der Waals surface area contributed by atoms with E-state index in [0.717, 1.165) is 0 Å². The summed E-state index contributed by atoms with van der Waals surface area (Å²) in [6.45, 7) is 3.12. The van der Waals surface area contributed by atoms with Gasteiger partial charge in [0.05, 0.1) is 0 Å². The van der Waals surface area contributed by atoms with E-state index in [-0.39, 0.29) is 0 Å². The van der Waals surface area contributed by atoms with Crippen LogP contribution in [-0.2, 0) is 0 Å². The zero-order valence-corrected chi connectivity index (χ0v) is 3.53. The first-order valence-electron chi connectivity index (χ1n) is 1.10. The van der Waals surface area contributed by atoms with E-state index < -0.39 is 0 Å². The summed E-state index contributed by atoms with van der Waals surface area (Å²) in [6.07, 6.45) is 0. The molecule has 0 amide bonds. The van der Waals surface area contributed by atoms with E-state index in [1.807, 2.05) is 0 Å². The van der Waals surface area contributed by atoms with Gasteiger partial charge in [-0.15, -0.1) is 0 Å². The van der Waals surface area contributed by atoms with Crippen molar-refractivity contribution in [3.8, 4) is 0 Å². The lowest BCUT2D eigenvalue weighted by Crippen LogP contribution is -1.59. The van der Waals surface area contributed by atoms with E-state index in [1.165, 1.54) is 0 Å². The van der Waals surface area contributed by atoms with Crippen LogP contribution in [0.2, 0.25) is 0 Å². The Morgan fingerprint density at radius 2 is 2.60 bits per heavy atom. The molecule has 2 nitrogen and oxygen atoms in total. The predicted molar refractivity (Wildman–Crippen MR) is 24.6 cm³/mol. The molecule has 1 N–H and O–H groups in total. The Kier molecular flexibility index (Phi) is 3.96. The third kappa shape index (κ3) is 3.98. The molecule has 0 aliphatic heterocycles. The molecule has 0 aromatic rings. The molecule has 0 aromatic heterocycles. The maximum Gasteiger partial charge on any atom is 0.110 e. The van der Waals surface area contributed by atoms with Crippen molar-refractivity contribution in [1.29, 1.82) is 0 Å². The largest absolute Gasteiger partial charge is 0.328 e. The molecule has 30 valence electrons. The zero-order chi connectivity index (χ0) is 4.12. The molecule has 0 bridgehead atoms. The van der Waals surface area contributed by atoms with Gasteiger partial charge in [0.25, 0.3) is 0 Å². The van der Waals surface area contributed by atoms with Crippen molar-refractivity contribution in [1.82, 2.24) is 0 Å². The third-order valence-electron chi connectivity index (χ3n) is 0.149. The number of nitrogens with zero attached hydrogens (tertiary/aromatic N) is 1. The monoisotopic (exact) mass is 91.0 g/mol. The number of hydrogen-bond acceptors (Lipinski definition) is 3. The molecule has 0 rings (SSSR count). The van der Waals surface area contributed by atoms with Crippen molar-refractivity contribution in [3.63, 3.8) is 0 Å². The minimum atomic E-state index is 0.375. The first-order valence-corrected chi connectivity index (χ1v) is 2.05. The van der Waals surface area contributed by atoms with Crippen molar-refractivity contribution in [2.45, 2.75) is 0 Å². The predicted octanol–water partition coefficient (Wildman–Crippen LogP) is 0.851. The summed E-state index contributed by atoms with van der Waals surface area (Å²) < 4.78 is 7.85. The lowest BCUT2D eigenvalue weighted by atomic mass is 11.4. The summed E-state index contributed by atoms with van der Waals surface area (Å²) >= 11 is 0.672. The van der Waals surface area contributed by atoms with Crippen LogP contribution in [0.3, 0.4) is 0 Å². The Morgan fingerprint density at radius 1 is 2.00 bits per heavy atom. The molecule has 0 aliphatic carbocycles. The lowest BCUT2D eigenvalue weighted by molar-refractivity contribution is 0.664. The molecule has 0 atom stereocenters. The summed E-state index contributed by atoms with van der Waals surface area (Å²) in [5.41, 5.74) is 0. The Morgan fingerprint density at radius 3 is 2.60 bits per heavy atom. The zero-order valence-electron chi connectivity index (χ0n) is 2.72. The van der Waals surface area contributed by atoms with Gasteiger partial charge in [0.2, 0.25) is 0 Å². The van der Waals surface area contributed by atoms with Gasteiger partial charge in [0.15, 0.2) is 0 Å². The number of aliphatic imine (C=N–C) groups is 1. The molecule has 0 aliphatic rings. The Labute approximate surface area is 35.1 Å². The standard InChI is InChI=1S/C2H5NOS/c1-3-2-5-4/h4H,1-2H2. The van der Waals surface area contributed by atoms with Crippen molar-refractivity contribution >= 4 is 18.8 Å². The quantitative estimate of drug-likeness (QED) is 0.403. The molecule has 0 fully saturated rings. The Hall–Kier alpha value is -0.0200. The van der Waals surface area contributed by atoms with Gasteiger partial charge in [0, 0.05) is 12.0 Å². The van der Waals surface area contributed by atoms with E-state index >= 15 is 0 Å². The SMILES string of the molecule is C=NCSO. The number of hydrogen-bond donors (Lipinski definition) is 1. The first-order chi connectivity index (χ1) is 2.41. The Balaban J connectivity index is 2.40. The van der Waals surface area contributed by atoms with E-state index in [0.29, 0.717) is 17.9 Å². The second-order valence-electron chi connectivity index (χ2n) is 0.482. The highest BCUT2D eigenvalue weighted by atomic mass is 32.2. The molecule has 0 unspecified atom stereocenters. The average molecular weight is 91.1 g/mol. The van der Waals surface area contributed by atoms with Crippen molar-refractivity contribution in [2.75, 3.05) is 5.88 Å². The van der Waals surface area contributed by atoms with Crippen LogP contribution in [0.25, 0.3) is 0 Å². The summed E-state index contributed by atoms with van der Waals surface area (Å²) in [5.74, 6) is 0.375. The fourth-order valence-corrected chi connectivity index (χ4v) is 0.122. The average Bonchev–Trinajstić information content (AvgIpc) is 1.41. The second-order valence-corrected chi connectivity index (χ2v) is 0.998. The van der Waals surface area contributed by atoms with E-state index in [2.05, 4.69) is 11.7 Å². The Bertz CT molecular complexity index is 30.8. The van der Waals surface area contributed by atoms with Gasteiger partial charge in [0.1, 0.15) is 5.88 Å². The van der Waals surface area contributed by atoms with Crippen molar-refractivity contribution in [3.05, 3.63) is 0 Å². The van der Waals surface area contributed by atoms with Crippen LogP contribution < -0.4 is 0 Å². The van der Waals surface area contributed by atoms with Crippen LogP contribution in [0.15, 0.2) is 4.99 Å². The molecular formula is C2H5NOS. The van der Waals surface area contributed by atoms with Gasteiger partial charge in [-0.2, -0.15) is 0 Å². The van der Waals surface area contributed by atoms with Gasteiger partial charge in [-0.3, -0.25) is 4.99 Å². The van der Waals surface area contributed by atoms with Crippen molar-refractivity contribution < 1.29 is 4.55 Å². The molecule has 0 saturated heterocycles. The molecule has 5 heavy (non-hydrogen) atoms. The van der Waals surface area contributed by atoms with Crippen molar-refractivity contribution in [2.24, 2.45) is 4.99 Å². The van der Waals surface area contributed by atoms with E-state index in [4.69, 9.17) is 4.55 Å². The topological polar surface area (TPSA) is 32.6 Å². The first kappa shape index (κ1) is 4.98. The van der Waals surface area contributed by atoms with Gasteiger partial charge < -0.3 is 4.55 Å². The minimum Gasteiger partial charge on any atom is -0.328 e. The normalized spacial score (nSPS) is 7.40. The molecule has 0 saturated carbocycles. The molecular weight excluding hydrogens is 86.1 g/mol. The maximum absolute atomic E-state index is 7.85. The minimum absolute atomic E-state index is 0.375. The van der Waals surface area contributed by atoms with E-state index in [9.17, 15) is 0 Å². The highest BCUT2D eigenvalue weighted by Crippen LogP contribution is 1.85. The highest BCUT2D eigenvalue weighted by molar-refractivity contribution is 7.93. The fraction of sp³-hybridized carbons (Fsp3) is 0.500. The molecule has 0 spiro atoms. The molecule has 0 heterocycles.